The molecule has 0 aliphatic carbocycles. The van der Waals surface area contributed by atoms with E-state index in [1.165, 1.54) is 24.3 Å². The Balaban J connectivity index is 1.88. The number of furan rings is 1. The van der Waals surface area contributed by atoms with Crippen LogP contribution in [0.25, 0.3) is 17.4 Å². The Bertz CT molecular complexity index is 899. The number of halogens is 3. The summed E-state index contributed by atoms with van der Waals surface area (Å²) in [7, 11) is 0. The number of alkyl halides is 3. The van der Waals surface area contributed by atoms with Gasteiger partial charge in [-0.2, -0.15) is 13.2 Å². The summed E-state index contributed by atoms with van der Waals surface area (Å²) in [5.41, 5.74) is -0.499. The maximum absolute atomic E-state index is 12.8. The summed E-state index contributed by atoms with van der Waals surface area (Å²) < 4.78 is 44.0. The van der Waals surface area contributed by atoms with Crippen molar-refractivity contribution in [2.75, 3.05) is 0 Å². The van der Waals surface area contributed by atoms with Crippen molar-refractivity contribution in [3.8, 4) is 11.3 Å². The van der Waals surface area contributed by atoms with Crippen LogP contribution in [-0.2, 0) is 11.0 Å². The molecule has 8 heteroatoms. The third kappa shape index (κ3) is 3.55. The molecule has 0 N–H and O–H groups in total. The van der Waals surface area contributed by atoms with Crippen LogP contribution in [-0.4, -0.2) is 22.1 Å². The lowest BCUT2D eigenvalue weighted by molar-refractivity contribution is -0.137. The van der Waals surface area contributed by atoms with E-state index in [0.29, 0.717) is 0 Å². The molecule has 1 aliphatic heterocycles. The minimum atomic E-state index is -4.44. The molecule has 1 aromatic carbocycles. The normalized spacial score (nSPS) is 17.0. The third-order valence-electron chi connectivity index (χ3n) is 3.71. The van der Waals surface area contributed by atoms with Crippen molar-refractivity contribution in [2.45, 2.75) is 26.1 Å². The second-order valence-corrected chi connectivity index (χ2v) is 6.92. The number of thioether (sulfide) groups is 1. The highest BCUT2D eigenvalue weighted by molar-refractivity contribution is 8.18. The SMILES string of the molecule is CC(C)N1C(=O)S/C(=C\c2ccc(-c3cccc(C(F)(F)F)c3)o2)C1=O. The molecule has 0 saturated carbocycles. The highest BCUT2D eigenvalue weighted by Crippen LogP contribution is 2.35. The topological polar surface area (TPSA) is 50.5 Å². The average Bonchev–Trinajstić information content (AvgIpc) is 3.12. The number of benzene rings is 1. The molecular weight excluding hydrogens is 367 g/mol. The molecular formula is C18H14F3NO3S. The smallest absolute Gasteiger partial charge is 0.416 e. The summed E-state index contributed by atoms with van der Waals surface area (Å²) in [4.78, 5) is 25.5. The van der Waals surface area contributed by atoms with E-state index < -0.39 is 17.6 Å². The molecule has 0 atom stereocenters. The first-order valence-electron chi connectivity index (χ1n) is 7.71. The van der Waals surface area contributed by atoms with Gasteiger partial charge in [0.15, 0.2) is 0 Å². The first-order chi connectivity index (χ1) is 12.2. The molecule has 1 saturated heterocycles. The van der Waals surface area contributed by atoms with Gasteiger partial charge in [-0.15, -0.1) is 0 Å². The molecule has 1 fully saturated rings. The molecule has 26 heavy (non-hydrogen) atoms. The number of amides is 2. The van der Waals surface area contributed by atoms with E-state index in [1.807, 2.05) is 0 Å². The zero-order valence-corrected chi connectivity index (χ0v) is 14.6. The van der Waals surface area contributed by atoms with E-state index in [2.05, 4.69) is 0 Å². The number of imide groups is 1. The van der Waals surface area contributed by atoms with Gasteiger partial charge >= 0.3 is 6.18 Å². The fourth-order valence-corrected chi connectivity index (χ4v) is 3.43. The fourth-order valence-electron chi connectivity index (χ4n) is 2.49. The van der Waals surface area contributed by atoms with Gasteiger partial charge in [0.05, 0.1) is 10.5 Å². The van der Waals surface area contributed by atoms with Crippen molar-refractivity contribution in [1.29, 1.82) is 0 Å². The van der Waals surface area contributed by atoms with Gasteiger partial charge in [-0.1, -0.05) is 12.1 Å². The molecule has 4 nitrogen and oxygen atoms in total. The van der Waals surface area contributed by atoms with Crippen LogP contribution in [0.4, 0.5) is 18.0 Å². The Kier molecular flexibility index (Phi) is 4.70. The minimum Gasteiger partial charge on any atom is -0.457 e. The predicted molar refractivity (Wildman–Crippen MR) is 92.1 cm³/mol. The van der Waals surface area contributed by atoms with Crippen molar-refractivity contribution < 1.29 is 27.2 Å². The van der Waals surface area contributed by atoms with Crippen molar-refractivity contribution >= 4 is 29.0 Å². The summed E-state index contributed by atoms with van der Waals surface area (Å²) in [5, 5.41) is -0.360. The lowest BCUT2D eigenvalue weighted by Crippen LogP contribution is -2.34. The largest absolute Gasteiger partial charge is 0.457 e. The standard InChI is InChI=1S/C18H14F3NO3S/c1-10(2)22-16(23)15(26-17(22)24)9-13-6-7-14(25-13)11-4-3-5-12(8-11)18(19,20)21/h3-10H,1-2H3/b15-9-. The summed E-state index contributed by atoms with van der Waals surface area (Å²) in [5.74, 6) is 0.115. The lowest BCUT2D eigenvalue weighted by atomic mass is 10.1. The highest BCUT2D eigenvalue weighted by atomic mass is 32.2. The molecule has 2 aromatic rings. The molecule has 0 radical (unpaired) electrons. The second kappa shape index (κ2) is 6.68. The molecule has 2 amide bonds. The van der Waals surface area contributed by atoms with Gasteiger partial charge in [0.25, 0.3) is 11.1 Å². The number of hydrogen-bond acceptors (Lipinski definition) is 4. The zero-order chi connectivity index (χ0) is 19.1. The maximum Gasteiger partial charge on any atom is 0.416 e. The molecule has 0 bridgehead atoms. The Morgan fingerprint density at radius 3 is 2.50 bits per heavy atom. The van der Waals surface area contributed by atoms with E-state index in [9.17, 15) is 22.8 Å². The highest BCUT2D eigenvalue weighted by Gasteiger charge is 2.37. The maximum atomic E-state index is 12.8. The van der Waals surface area contributed by atoms with E-state index >= 15 is 0 Å². The first kappa shape index (κ1) is 18.3. The van der Waals surface area contributed by atoms with Gasteiger partial charge in [-0.25, -0.2) is 0 Å². The summed E-state index contributed by atoms with van der Waals surface area (Å²) in [6.45, 7) is 3.47. The van der Waals surface area contributed by atoms with Gasteiger partial charge in [0.1, 0.15) is 11.5 Å². The number of rotatable bonds is 3. The third-order valence-corrected chi connectivity index (χ3v) is 4.60. The van der Waals surface area contributed by atoms with E-state index in [-0.39, 0.29) is 33.3 Å². The number of nitrogens with zero attached hydrogens (tertiary/aromatic N) is 1. The minimum absolute atomic E-state index is 0.216. The van der Waals surface area contributed by atoms with Crippen LogP contribution in [0.3, 0.4) is 0 Å². The second-order valence-electron chi connectivity index (χ2n) is 5.93. The van der Waals surface area contributed by atoms with Crippen molar-refractivity contribution in [3.05, 3.63) is 52.6 Å². The predicted octanol–water partition coefficient (Wildman–Crippen LogP) is 5.41. The van der Waals surface area contributed by atoms with Gasteiger partial charge in [-0.3, -0.25) is 14.5 Å². The molecule has 0 unspecified atom stereocenters. The van der Waals surface area contributed by atoms with Gasteiger partial charge < -0.3 is 4.42 Å². The van der Waals surface area contributed by atoms with E-state index in [0.717, 1.165) is 28.8 Å². The summed E-state index contributed by atoms with van der Waals surface area (Å²) in [6, 6.07) is 7.58. The van der Waals surface area contributed by atoms with Gasteiger partial charge in [-0.05, 0) is 49.9 Å². The molecule has 0 spiro atoms. The quantitative estimate of drug-likeness (QED) is 0.667. The van der Waals surface area contributed by atoms with Crippen molar-refractivity contribution in [2.24, 2.45) is 0 Å². The molecule has 1 aliphatic rings. The molecule has 2 heterocycles. The van der Waals surface area contributed by atoms with Crippen molar-refractivity contribution in [1.82, 2.24) is 4.90 Å². The Morgan fingerprint density at radius 1 is 1.15 bits per heavy atom. The molecule has 3 rings (SSSR count). The zero-order valence-electron chi connectivity index (χ0n) is 13.8. The number of carbonyl (C=O) groups is 2. The van der Waals surface area contributed by atoms with E-state index in [1.54, 1.807) is 19.9 Å². The lowest BCUT2D eigenvalue weighted by Gasteiger charge is -2.16. The monoisotopic (exact) mass is 381 g/mol. The van der Waals surface area contributed by atoms with Crippen LogP contribution >= 0.6 is 11.8 Å². The first-order valence-corrected chi connectivity index (χ1v) is 8.53. The van der Waals surface area contributed by atoms with Crippen molar-refractivity contribution in [3.63, 3.8) is 0 Å². The number of hydrogen-bond donors (Lipinski definition) is 0. The van der Waals surface area contributed by atoms with Crippen LogP contribution in [0.5, 0.6) is 0 Å². The average molecular weight is 381 g/mol. The summed E-state index contributed by atoms with van der Waals surface area (Å²) in [6.07, 6.45) is -3.02. The van der Waals surface area contributed by atoms with Crippen LogP contribution < -0.4 is 0 Å². The van der Waals surface area contributed by atoms with Crippen LogP contribution in [0.1, 0.15) is 25.2 Å². The van der Waals surface area contributed by atoms with Crippen LogP contribution in [0.15, 0.2) is 45.7 Å². The summed E-state index contributed by atoms with van der Waals surface area (Å²) >= 11 is 0.806. The molecule has 136 valence electrons. The van der Waals surface area contributed by atoms with Gasteiger partial charge in [0.2, 0.25) is 0 Å². The Morgan fingerprint density at radius 2 is 1.88 bits per heavy atom. The Hall–Kier alpha value is -2.48. The van der Waals surface area contributed by atoms with E-state index in [4.69, 9.17) is 4.42 Å². The fraction of sp³-hybridized carbons (Fsp3) is 0.222. The van der Waals surface area contributed by atoms with Crippen LogP contribution in [0.2, 0.25) is 0 Å². The molecule has 1 aromatic heterocycles. The number of carbonyl (C=O) groups excluding carboxylic acids is 2. The van der Waals surface area contributed by atoms with Crippen LogP contribution in [0, 0.1) is 0 Å². The Labute approximate surface area is 151 Å². The van der Waals surface area contributed by atoms with Gasteiger partial charge in [0, 0.05) is 17.7 Å².